The van der Waals surface area contributed by atoms with E-state index in [1.807, 2.05) is 0 Å². The van der Waals surface area contributed by atoms with Gasteiger partial charge in [-0.2, -0.15) is 0 Å². The predicted molar refractivity (Wildman–Crippen MR) is 95.1 cm³/mol. The topological polar surface area (TPSA) is 73.8 Å². The van der Waals surface area contributed by atoms with E-state index < -0.39 is 8.45 Å². The second-order valence-electron chi connectivity index (χ2n) is 5.52. The number of hydrogen-bond acceptors (Lipinski definition) is 5. The Morgan fingerprint density at radius 3 is 2.61 bits per heavy atom. The van der Waals surface area contributed by atoms with Gasteiger partial charge in [-0.05, 0) is 19.3 Å². The van der Waals surface area contributed by atoms with Crippen LogP contribution in [-0.4, -0.2) is 53.3 Å². The van der Waals surface area contributed by atoms with Crippen molar-refractivity contribution in [3.63, 3.8) is 0 Å². The molecule has 0 radical (unpaired) electrons. The number of rotatable bonds is 12. The molecule has 136 valence electrons. The number of carbonyl (C=O) groups is 1. The van der Waals surface area contributed by atoms with E-state index >= 15 is 0 Å². The van der Waals surface area contributed by atoms with Gasteiger partial charge in [-0.1, -0.05) is 19.3 Å². The summed E-state index contributed by atoms with van der Waals surface area (Å²) in [4.78, 5) is 10.9. The summed E-state index contributed by atoms with van der Waals surface area (Å²) >= 11 is 11.7. The minimum absolute atomic E-state index is 0.288. The van der Waals surface area contributed by atoms with Gasteiger partial charge in [-0.25, -0.2) is 10.2 Å². The summed E-state index contributed by atoms with van der Waals surface area (Å²) in [5.74, 6) is 0.843. The Bertz CT molecular complexity index is 324. The number of nitrogens with one attached hydrogen (secondary N) is 2. The minimum atomic E-state index is -0.791. The molecular weight excluding hydrogens is 360 g/mol. The van der Waals surface area contributed by atoms with Crippen molar-refractivity contribution in [1.29, 1.82) is 0 Å². The lowest BCUT2D eigenvalue weighted by atomic mass is 10.1. The summed E-state index contributed by atoms with van der Waals surface area (Å²) in [5.41, 5.74) is 1.66. The first kappa shape index (κ1) is 21.4. The molecule has 2 atom stereocenters. The van der Waals surface area contributed by atoms with Gasteiger partial charge in [-0.3, -0.25) is 15.1 Å². The van der Waals surface area contributed by atoms with Crippen molar-refractivity contribution in [1.82, 2.24) is 15.2 Å². The first-order valence-electron chi connectivity index (χ1n) is 8.21. The summed E-state index contributed by atoms with van der Waals surface area (Å²) < 4.78 is 8.38. The highest BCUT2D eigenvalue weighted by Crippen LogP contribution is 2.42. The minimum Gasteiger partial charge on any atom is -0.328 e. The van der Waals surface area contributed by atoms with E-state index in [4.69, 9.17) is 32.9 Å². The van der Waals surface area contributed by atoms with E-state index in [2.05, 4.69) is 9.76 Å². The van der Waals surface area contributed by atoms with E-state index in [0.717, 1.165) is 58.2 Å². The molecule has 6 nitrogen and oxygen atoms in total. The van der Waals surface area contributed by atoms with Gasteiger partial charge in [0.1, 0.15) is 0 Å². The molecule has 0 aromatic rings. The molecule has 0 spiro atoms. The predicted octanol–water partition coefficient (Wildman–Crippen LogP) is 3.22. The molecule has 1 aliphatic heterocycles. The molecule has 1 heterocycles. The molecule has 1 saturated heterocycles. The number of unbranched alkanes of at least 4 members (excludes halogenated alkanes) is 3. The zero-order valence-electron chi connectivity index (χ0n) is 13.5. The summed E-state index contributed by atoms with van der Waals surface area (Å²) in [6.07, 6.45) is 6.73. The SMILES string of the molecule is O=C(CCCCCCC1CCNP(N(CCCl)CCCl)O1)NO. The molecule has 23 heavy (non-hydrogen) atoms. The fraction of sp³-hybridized carbons (Fsp3) is 0.929. The van der Waals surface area contributed by atoms with Crippen molar-refractivity contribution >= 4 is 37.6 Å². The van der Waals surface area contributed by atoms with Crippen LogP contribution in [0.4, 0.5) is 0 Å². The van der Waals surface area contributed by atoms with Crippen LogP contribution >= 0.6 is 31.7 Å². The Balaban J connectivity index is 2.18. The average molecular weight is 388 g/mol. The van der Waals surface area contributed by atoms with E-state index in [1.165, 1.54) is 0 Å². The summed E-state index contributed by atoms with van der Waals surface area (Å²) in [6.45, 7) is 2.54. The van der Waals surface area contributed by atoms with Crippen molar-refractivity contribution in [3.05, 3.63) is 0 Å². The number of amides is 1. The van der Waals surface area contributed by atoms with Gasteiger partial charge in [0.2, 0.25) is 5.91 Å². The lowest BCUT2D eigenvalue weighted by Crippen LogP contribution is -2.36. The van der Waals surface area contributed by atoms with Gasteiger partial charge in [0.15, 0.2) is 8.45 Å². The second kappa shape index (κ2) is 13.6. The third-order valence-electron chi connectivity index (χ3n) is 3.71. The quantitative estimate of drug-likeness (QED) is 0.157. The summed E-state index contributed by atoms with van der Waals surface area (Å²) in [7, 11) is -0.791. The highest BCUT2D eigenvalue weighted by atomic mass is 35.5. The molecule has 0 aromatic heterocycles. The van der Waals surface area contributed by atoms with Gasteiger partial charge in [-0.15, -0.1) is 23.2 Å². The molecule has 0 aliphatic carbocycles. The molecule has 1 rings (SSSR count). The summed E-state index contributed by atoms with van der Waals surface area (Å²) in [5, 5.41) is 11.8. The van der Waals surface area contributed by atoms with Gasteiger partial charge < -0.3 is 4.52 Å². The maximum Gasteiger partial charge on any atom is 0.243 e. The van der Waals surface area contributed by atoms with E-state index in [0.29, 0.717) is 18.2 Å². The largest absolute Gasteiger partial charge is 0.328 e. The van der Waals surface area contributed by atoms with Gasteiger partial charge in [0, 0.05) is 37.8 Å². The Kier molecular flexibility index (Phi) is 12.6. The lowest BCUT2D eigenvalue weighted by molar-refractivity contribution is -0.129. The third kappa shape index (κ3) is 9.40. The van der Waals surface area contributed by atoms with Crippen LogP contribution in [0.25, 0.3) is 0 Å². The maximum absolute atomic E-state index is 10.9. The molecule has 2 unspecified atom stereocenters. The Morgan fingerprint density at radius 1 is 1.26 bits per heavy atom. The van der Waals surface area contributed by atoms with Crippen molar-refractivity contribution in [2.45, 2.75) is 51.0 Å². The average Bonchev–Trinajstić information content (AvgIpc) is 2.57. The second-order valence-corrected chi connectivity index (χ2v) is 7.91. The van der Waals surface area contributed by atoms with Crippen LogP contribution in [0, 0.1) is 0 Å². The standard InChI is InChI=1S/C14H28Cl2N3O3P/c15-8-11-19(12-9-16)23-17-10-7-13(22-23)5-3-1-2-4-6-14(20)18-21/h13,17,21H,1-12H2,(H,18,20). The molecule has 3 N–H and O–H groups in total. The normalized spacial score (nSPS) is 21.6. The molecule has 0 bridgehead atoms. The molecule has 1 fully saturated rings. The Hall–Kier alpha value is 0.320. The first-order chi connectivity index (χ1) is 11.2. The van der Waals surface area contributed by atoms with Crippen molar-refractivity contribution in [2.24, 2.45) is 0 Å². The van der Waals surface area contributed by atoms with Gasteiger partial charge in [0.25, 0.3) is 0 Å². The van der Waals surface area contributed by atoms with Crippen molar-refractivity contribution < 1.29 is 14.5 Å². The number of halogens is 2. The molecule has 1 amide bonds. The molecule has 0 saturated carbocycles. The van der Waals surface area contributed by atoms with E-state index in [-0.39, 0.29) is 12.0 Å². The van der Waals surface area contributed by atoms with Crippen LogP contribution in [0.5, 0.6) is 0 Å². The van der Waals surface area contributed by atoms with Crippen LogP contribution in [0.2, 0.25) is 0 Å². The third-order valence-corrected chi connectivity index (χ3v) is 5.95. The summed E-state index contributed by atoms with van der Waals surface area (Å²) in [6, 6.07) is 0. The Morgan fingerprint density at radius 2 is 1.96 bits per heavy atom. The van der Waals surface area contributed by atoms with Crippen molar-refractivity contribution in [2.75, 3.05) is 31.4 Å². The van der Waals surface area contributed by atoms with Crippen molar-refractivity contribution in [3.8, 4) is 0 Å². The van der Waals surface area contributed by atoms with Crippen LogP contribution in [0.1, 0.15) is 44.9 Å². The number of alkyl halides is 2. The highest BCUT2D eigenvalue weighted by Gasteiger charge is 2.27. The Labute approximate surface area is 150 Å². The van der Waals surface area contributed by atoms with Crippen LogP contribution in [0.15, 0.2) is 0 Å². The zero-order valence-corrected chi connectivity index (χ0v) is 15.9. The zero-order chi connectivity index (χ0) is 16.9. The fourth-order valence-electron chi connectivity index (χ4n) is 2.47. The molecule has 1 aliphatic rings. The molecular formula is C14H28Cl2N3O3P. The first-order valence-corrected chi connectivity index (χ1v) is 10.5. The highest BCUT2D eigenvalue weighted by molar-refractivity contribution is 7.47. The monoisotopic (exact) mass is 387 g/mol. The van der Waals surface area contributed by atoms with Crippen LogP contribution in [-0.2, 0) is 9.32 Å². The van der Waals surface area contributed by atoms with Gasteiger partial charge >= 0.3 is 0 Å². The van der Waals surface area contributed by atoms with E-state index in [1.54, 1.807) is 5.48 Å². The molecule has 0 aromatic carbocycles. The van der Waals surface area contributed by atoms with E-state index in [9.17, 15) is 4.79 Å². The van der Waals surface area contributed by atoms with Gasteiger partial charge in [0.05, 0.1) is 6.10 Å². The fourth-order valence-corrected chi connectivity index (χ4v) is 4.90. The van der Waals surface area contributed by atoms with Crippen LogP contribution in [0.3, 0.4) is 0 Å². The molecule has 9 heteroatoms. The number of carbonyl (C=O) groups excluding carboxylic acids is 1. The number of hydroxylamine groups is 1. The number of hydrogen-bond donors (Lipinski definition) is 3. The maximum atomic E-state index is 10.9. The lowest BCUT2D eigenvalue weighted by Gasteiger charge is -2.36. The smallest absolute Gasteiger partial charge is 0.243 e. The number of nitrogens with zero attached hydrogens (tertiary/aromatic N) is 1. The van der Waals surface area contributed by atoms with Crippen LogP contribution < -0.4 is 10.6 Å².